The third kappa shape index (κ3) is 3.71. The molecule has 0 heterocycles. The first-order valence-electron chi connectivity index (χ1n) is 13.6. The Bertz CT molecular complexity index is 1100. The highest BCUT2D eigenvalue weighted by atomic mass is 16.6. The quantitative estimate of drug-likeness (QED) is 0.314. The van der Waals surface area contributed by atoms with E-state index in [1.807, 2.05) is 46.8 Å². The Labute approximate surface area is 220 Å². The number of hydrogen-bond acceptors (Lipinski definition) is 7. The molecule has 0 bridgehead atoms. The molecule has 0 amide bonds. The maximum Gasteiger partial charge on any atom is 0.333 e. The summed E-state index contributed by atoms with van der Waals surface area (Å²) in [6.07, 6.45) is 5.47. The summed E-state index contributed by atoms with van der Waals surface area (Å²) in [6.45, 7) is 14.5. The van der Waals surface area contributed by atoms with E-state index in [4.69, 9.17) is 9.47 Å². The van der Waals surface area contributed by atoms with Gasteiger partial charge < -0.3 is 19.7 Å². The van der Waals surface area contributed by atoms with Crippen molar-refractivity contribution in [2.24, 2.45) is 40.9 Å². The lowest BCUT2D eigenvalue weighted by Crippen LogP contribution is -2.63. The van der Waals surface area contributed by atoms with Crippen molar-refractivity contribution >= 4 is 17.7 Å². The van der Waals surface area contributed by atoms with Crippen LogP contribution in [0.5, 0.6) is 0 Å². The Morgan fingerprint density at radius 1 is 1.24 bits per heavy atom. The fourth-order valence-electron chi connectivity index (χ4n) is 7.52. The summed E-state index contributed by atoms with van der Waals surface area (Å²) in [7, 11) is 0. The van der Waals surface area contributed by atoms with Crippen LogP contribution in [0.4, 0.5) is 0 Å². The van der Waals surface area contributed by atoms with E-state index >= 15 is 0 Å². The molecule has 204 valence electrons. The third-order valence-corrected chi connectivity index (χ3v) is 10.2. The van der Waals surface area contributed by atoms with E-state index in [9.17, 15) is 24.6 Å². The van der Waals surface area contributed by atoms with Gasteiger partial charge in [0.2, 0.25) is 0 Å². The second-order valence-electron chi connectivity index (χ2n) is 12.3. The first-order chi connectivity index (χ1) is 17.2. The number of rotatable bonds is 6. The van der Waals surface area contributed by atoms with Gasteiger partial charge in [-0.15, -0.1) is 0 Å². The number of aliphatic hydroxyl groups is 2. The lowest BCUT2D eigenvalue weighted by Gasteiger charge is -2.52. The van der Waals surface area contributed by atoms with Crippen molar-refractivity contribution in [2.75, 3.05) is 6.61 Å². The molecule has 2 fully saturated rings. The molecule has 0 aromatic carbocycles. The first kappa shape index (κ1) is 27.8. The molecule has 7 heteroatoms. The highest BCUT2D eigenvalue weighted by Gasteiger charge is 2.87. The zero-order valence-corrected chi connectivity index (χ0v) is 23.3. The number of ether oxygens (including phenoxy) is 2. The molecule has 37 heavy (non-hydrogen) atoms. The second kappa shape index (κ2) is 9.19. The van der Waals surface area contributed by atoms with Crippen molar-refractivity contribution in [2.45, 2.75) is 85.5 Å². The molecule has 0 unspecified atom stereocenters. The SMILES string of the molecule is C/C=C(\C)C(=O)O[C@@H]1[C@@H](C)[C@]2(O)[C@@H]3C=C(C)C(=O)[C@H]3CC(CO)=C[C@H]2[C@@H]2C(C)(C)[C@]12OC(=O)[C@@H](C)CC. The van der Waals surface area contributed by atoms with E-state index < -0.39 is 52.4 Å². The fraction of sp³-hybridized carbons (Fsp3) is 0.700. The van der Waals surface area contributed by atoms with E-state index in [2.05, 4.69) is 0 Å². The number of carbonyl (C=O) groups is 3. The van der Waals surface area contributed by atoms with Crippen molar-refractivity contribution in [3.05, 3.63) is 34.9 Å². The number of hydrogen-bond donors (Lipinski definition) is 2. The topological polar surface area (TPSA) is 110 Å². The summed E-state index contributed by atoms with van der Waals surface area (Å²) in [5.74, 6) is -3.79. The predicted molar refractivity (Wildman–Crippen MR) is 138 cm³/mol. The van der Waals surface area contributed by atoms with Crippen molar-refractivity contribution in [1.29, 1.82) is 0 Å². The molecule has 4 aliphatic rings. The van der Waals surface area contributed by atoms with Gasteiger partial charge in [-0.2, -0.15) is 0 Å². The molecule has 2 N–H and O–H groups in total. The normalized spacial score (nSPS) is 40.8. The predicted octanol–water partition coefficient (Wildman–Crippen LogP) is 3.93. The molecule has 0 aliphatic heterocycles. The minimum atomic E-state index is -1.45. The summed E-state index contributed by atoms with van der Waals surface area (Å²) in [5.41, 5.74) is -1.51. The minimum Gasteiger partial charge on any atom is -0.454 e. The Kier molecular flexibility index (Phi) is 6.90. The standard InChI is InChI=1S/C30H42O7/c1-9-15(3)26(33)36-25-18(6)29(35)21-11-17(5)23(32)20(21)12-19(14-31)13-22(29)24-28(7,8)30(24,25)37-27(34)16(4)10-2/h9,11,13,16,18,20-22,24-25,31,35H,10,12,14H2,1-8H3/b15-9+/t16-,18+,20-,21+,22-,24+,25+,29-,30+/m0/s1. The van der Waals surface area contributed by atoms with Gasteiger partial charge in [-0.1, -0.05) is 52.8 Å². The molecule has 0 spiro atoms. The van der Waals surface area contributed by atoms with Crippen LogP contribution in [-0.4, -0.2) is 51.8 Å². The Morgan fingerprint density at radius 3 is 2.46 bits per heavy atom. The van der Waals surface area contributed by atoms with Crippen LogP contribution in [0.1, 0.15) is 68.2 Å². The van der Waals surface area contributed by atoms with Crippen LogP contribution >= 0.6 is 0 Å². The Hall–Kier alpha value is -2.25. The number of fused-ring (bicyclic) bond motifs is 5. The molecule has 4 rings (SSSR count). The monoisotopic (exact) mass is 514 g/mol. The molecule has 7 nitrogen and oxygen atoms in total. The summed E-state index contributed by atoms with van der Waals surface area (Å²) in [6, 6.07) is 0. The van der Waals surface area contributed by atoms with Crippen LogP contribution in [0.3, 0.4) is 0 Å². The summed E-state index contributed by atoms with van der Waals surface area (Å²) in [5, 5.41) is 22.9. The summed E-state index contributed by atoms with van der Waals surface area (Å²) < 4.78 is 12.5. The van der Waals surface area contributed by atoms with Crippen LogP contribution in [0.15, 0.2) is 34.9 Å². The number of aliphatic hydroxyl groups excluding tert-OH is 1. The van der Waals surface area contributed by atoms with Crippen molar-refractivity contribution < 1.29 is 34.1 Å². The van der Waals surface area contributed by atoms with E-state index in [0.717, 1.165) is 0 Å². The molecule has 0 radical (unpaired) electrons. The average Bonchev–Trinajstić information content (AvgIpc) is 3.26. The minimum absolute atomic E-state index is 0.0287. The number of allylic oxidation sites excluding steroid dienone is 2. The van der Waals surface area contributed by atoms with Crippen LogP contribution < -0.4 is 0 Å². The van der Waals surface area contributed by atoms with Crippen LogP contribution in [0.2, 0.25) is 0 Å². The number of Topliss-reactive ketones (excluding diaryl/α,β-unsaturated/α-hetero) is 1. The summed E-state index contributed by atoms with van der Waals surface area (Å²) >= 11 is 0. The molecule has 9 atom stereocenters. The van der Waals surface area contributed by atoms with Gasteiger partial charge >= 0.3 is 11.9 Å². The van der Waals surface area contributed by atoms with Gasteiger partial charge in [-0.3, -0.25) is 9.59 Å². The molecule has 0 aromatic heterocycles. The maximum atomic E-state index is 13.2. The zero-order chi connectivity index (χ0) is 27.7. The highest BCUT2D eigenvalue weighted by molar-refractivity contribution is 6.00. The molecule has 0 saturated heterocycles. The fourth-order valence-corrected chi connectivity index (χ4v) is 7.52. The van der Waals surface area contributed by atoms with Gasteiger partial charge in [0.1, 0.15) is 6.10 Å². The molecule has 4 aliphatic carbocycles. The number of ketones is 1. The smallest absolute Gasteiger partial charge is 0.333 e. The largest absolute Gasteiger partial charge is 0.454 e. The van der Waals surface area contributed by atoms with E-state index in [1.165, 1.54) is 0 Å². The molecular weight excluding hydrogens is 472 g/mol. The van der Waals surface area contributed by atoms with Gasteiger partial charge in [0.05, 0.1) is 18.1 Å². The van der Waals surface area contributed by atoms with Crippen molar-refractivity contribution in [3.63, 3.8) is 0 Å². The first-order valence-corrected chi connectivity index (χ1v) is 13.6. The van der Waals surface area contributed by atoms with Crippen LogP contribution in [0.25, 0.3) is 0 Å². The average molecular weight is 515 g/mol. The van der Waals surface area contributed by atoms with Gasteiger partial charge in [-0.05, 0) is 44.8 Å². The van der Waals surface area contributed by atoms with E-state index in [1.54, 1.807) is 26.8 Å². The third-order valence-electron chi connectivity index (χ3n) is 10.2. The highest BCUT2D eigenvalue weighted by Crippen LogP contribution is 2.77. The molecule has 0 aromatic rings. The molecule has 2 saturated carbocycles. The van der Waals surface area contributed by atoms with Gasteiger partial charge in [0.15, 0.2) is 11.4 Å². The lowest BCUT2D eigenvalue weighted by molar-refractivity contribution is -0.220. The number of carbonyl (C=O) groups excluding carboxylic acids is 3. The Balaban J connectivity index is 1.92. The summed E-state index contributed by atoms with van der Waals surface area (Å²) in [4.78, 5) is 39.5. The maximum absolute atomic E-state index is 13.2. The van der Waals surface area contributed by atoms with E-state index in [0.29, 0.717) is 29.6 Å². The van der Waals surface area contributed by atoms with Crippen LogP contribution in [-0.2, 0) is 23.9 Å². The van der Waals surface area contributed by atoms with Crippen LogP contribution in [0, 0.1) is 40.9 Å². The van der Waals surface area contributed by atoms with Gasteiger partial charge in [-0.25, -0.2) is 4.79 Å². The zero-order valence-electron chi connectivity index (χ0n) is 23.3. The molecular formula is C30H42O7. The van der Waals surface area contributed by atoms with Crippen molar-refractivity contribution in [3.8, 4) is 0 Å². The Morgan fingerprint density at radius 2 is 1.89 bits per heavy atom. The van der Waals surface area contributed by atoms with Crippen molar-refractivity contribution in [1.82, 2.24) is 0 Å². The van der Waals surface area contributed by atoms with Gasteiger partial charge in [0.25, 0.3) is 0 Å². The lowest BCUT2D eigenvalue weighted by atomic mass is 9.59. The van der Waals surface area contributed by atoms with Gasteiger partial charge in [0, 0.05) is 40.6 Å². The number of esters is 2. The van der Waals surface area contributed by atoms with E-state index in [-0.39, 0.29) is 30.2 Å². The second-order valence-corrected chi connectivity index (χ2v) is 12.3.